The summed E-state index contributed by atoms with van der Waals surface area (Å²) in [5.41, 5.74) is 4.80. The highest BCUT2D eigenvalue weighted by atomic mass is 16.7. The first-order valence-electron chi connectivity index (χ1n) is 12.1. The summed E-state index contributed by atoms with van der Waals surface area (Å²) >= 11 is 0. The molecule has 1 aliphatic rings. The highest BCUT2D eigenvalue weighted by molar-refractivity contribution is 6.37. The molecule has 0 atom stereocenters. The van der Waals surface area contributed by atoms with E-state index in [0.29, 0.717) is 46.9 Å². The molecule has 0 bridgehead atoms. The highest BCUT2D eigenvalue weighted by Crippen LogP contribution is 2.38. The fourth-order valence-electron chi connectivity index (χ4n) is 4.15. The molecule has 4 rings (SSSR count). The number of fused-ring (bicyclic) bond motifs is 1. The smallest absolute Gasteiger partial charge is 0.335 e. The zero-order valence-corrected chi connectivity index (χ0v) is 21.7. The largest absolute Gasteiger partial charge is 0.478 e. The normalized spacial score (nSPS) is 13.7. The molecule has 9 nitrogen and oxygen atoms in total. The lowest BCUT2D eigenvalue weighted by molar-refractivity contribution is -0.110. The molecule has 9 heteroatoms. The molecule has 3 N–H and O–H groups in total. The van der Waals surface area contributed by atoms with Crippen LogP contribution in [0.15, 0.2) is 66.7 Å². The summed E-state index contributed by atoms with van der Waals surface area (Å²) in [5.74, 6) is -1.67. The minimum atomic E-state index is -1.07. The number of aromatic carboxylic acids is 1. The SMILES string of the molecule is Cc1cc(N/C(=C2/C(=O)Nc3cc(C(=O)O)ccc32)c2ccccc2)ccc1C(=O)N(C)OCCN(C)C. The van der Waals surface area contributed by atoms with E-state index in [9.17, 15) is 19.5 Å². The van der Waals surface area contributed by atoms with Crippen molar-refractivity contribution in [2.45, 2.75) is 6.92 Å². The number of carboxylic acid groups (broad SMARTS) is 1. The van der Waals surface area contributed by atoms with E-state index < -0.39 is 5.97 Å². The Bertz CT molecular complexity index is 1420. The van der Waals surface area contributed by atoms with Crippen LogP contribution in [0.5, 0.6) is 0 Å². The van der Waals surface area contributed by atoms with Crippen LogP contribution in [0, 0.1) is 6.92 Å². The number of carboxylic acids is 1. The van der Waals surface area contributed by atoms with E-state index in [-0.39, 0.29) is 17.4 Å². The van der Waals surface area contributed by atoms with E-state index in [2.05, 4.69) is 10.6 Å². The number of nitrogens with one attached hydrogen (secondary N) is 2. The van der Waals surface area contributed by atoms with Gasteiger partial charge >= 0.3 is 5.97 Å². The van der Waals surface area contributed by atoms with Gasteiger partial charge in [0.2, 0.25) is 0 Å². The molecule has 0 saturated carbocycles. The van der Waals surface area contributed by atoms with Gasteiger partial charge in [-0.25, -0.2) is 9.86 Å². The molecular formula is C29H30N4O5. The maximum absolute atomic E-state index is 13.1. The van der Waals surface area contributed by atoms with Gasteiger partial charge in [-0.3, -0.25) is 14.4 Å². The number of hydrogen-bond acceptors (Lipinski definition) is 6. The van der Waals surface area contributed by atoms with Gasteiger partial charge in [0.05, 0.1) is 29.1 Å². The van der Waals surface area contributed by atoms with E-state index >= 15 is 0 Å². The first-order chi connectivity index (χ1) is 18.2. The summed E-state index contributed by atoms with van der Waals surface area (Å²) < 4.78 is 0. The van der Waals surface area contributed by atoms with Gasteiger partial charge in [-0.2, -0.15) is 0 Å². The van der Waals surface area contributed by atoms with Crippen molar-refractivity contribution < 1.29 is 24.3 Å². The third-order valence-electron chi connectivity index (χ3n) is 6.16. The Morgan fingerprint density at radius 2 is 1.71 bits per heavy atom. The molecule has 0 unspecified atom stereocenters. The Morgan fingerprint density at radius 3 is 2.37 bits per heavy atom. The van der Waals surface area contributed by atoms with E-state index in [1.165, 1.54) is 17.2 Å². The summed E-state index contributed by atoms with van der Waals surface area (Å²) in [4.78, 5) is 45.0. The van der Waals surface area contributed by atoms with E-state index in [1.54, 1.807) is 25.2 Å². The predicted molar refractivity (Wildman–Crippen MR) is 147 cm³/mol. The molecule has 0 aliphatic carbocycles. The van der Waals surface area contributed by atoms with Crippen LogP contribution in [0.1, 0.15) is 37.4 Å². The van der Waals surface area contributed by atoms with Crippen LogP contribution in [0.3, 0.4) is 0 Å². The van der Waals surface area contributed by atoms with Gasteiger partial charge < -0.3 is 20.6 Å². The summed E-state index contributed by atoms with van der Waals surface area (Å²) in [6, 6.07) is 19.3. The molecule has 1 heterocycles. The van der Waals surface area contributed by atoms with E-state index in [1.807, 2.05) is 62.3 Å². The number of amides is 2. The quantitative estimate of drug-likeness (QED) is 0.290. The second-order valence-corrected chi connectivity index (χ2v) is 9.23. The topological polar surface area (TPSA) is 111 Å². The molecule has 0 aromatic heterocycles. The number of anilines is 2. The molecule has 0 saturated heterocycles. The number of benzene rings is 3. The van der Waals surface area contributed by atoms with Crippen molar-refractivity contribution >= 4 is 40.4 Å². The number of likely N-dealkylation sites (N-methyl/N-ethyl adjacent to an activating group) is 1. The van der Waals surface area contributed by atoms with Gasteiger partial charge in [0.1, 0.15) is 0 Å². The molecule has 3 aromatic carbocycles. The third kappa shape index (κ3) is 5.74. The zero-order valence-electron chi connectivity index (χ0n) is 21.7. The molecule has 0 fully saturated rings. The summed E-state index contributed by atoms with van der Waals surface area (Å²) in [5, 5.41) is 16.7. The summed E-state index contributed by atoms with van der Waals surface area (Å²) in [6.45, 7) is 2.91. The molecule has 38 heavy (non-hydrogen) atoms. The summed E-state index contributed by atoms with van der Waals surface area (Å²) in [6.07, 6.45) is 0. The van der Waals surface area contributed by atoms with Crippen LogP contribution in [-0.4, -0.2) is 67.1 Å². The third-order valence-corrected chi connectivity index (χ3v) is 6.16. The van der Waals surface area contributed by atoms with Crippen LogP contribution in [0.25, 0.3) is 11.3 Å². The van der Waals surface area contributed by atoms with Gasteiger partial charge in [-0.05, 0) is 62.5 Å². The Labute approximate surface area is 221 Å². The van der Waals surface area contributed by atoms with Crippen molar-refractivity contribution in [1.29, 1.82) is 0 Å². The highest BCUT2D eigenvalue weighted by Gasteiger charge is 2.29. The Hall–Kier alpha value is -4.47. The number of nitrogens with zero attached hydrogens (tertiary/aromatic N) is 2. The first-order valence-corrected chi connectivity index (χ1v) is 12.1. The molecule has 196 valence electrons. The molecular weight excluding hydrogens is 484 g/mol. The van der Waals surface area contributed by atoms with Gasteiger partial charge in [0.25, 0.3) is 11.8 Å². The lowest BCUT2D eigenvalue weighted by atomic mass is 9.98. The molecule has 2 amide bonds. The average molecular weight is 515 g/mol. The lowest BCUT2D eigenvalue weighted by Crippen LogP contribution is -2.30. The fourth-order valence-corrected chi connectivity index (χ4v) is 4.15. The van der Waals surface area contributed by atoms with Crippen LogP contribution >= 0.6 is 0 Å². The monoisotopic (exact) mass is 514 g/mol. The maximum atomic E-state index is 13.1. The number of rotatable bonds is 9. The van der Waals surface area contributed by atoms with Gasteiger partial charge in [-0.1, -0.05) is 36.4 Å². The van der Waals surface area contributed by atoms with Crippen LogP contribution < -0.4 is 10.6 Å². The standard InChI is InChI=1S/C29H30N4O5/c1-18-16-21(11-13-22(18)28(35)33(4)38-15-14-32(2)3)30-26(19-8-6-5-7-9-19)25-23-12-10-20(29(36)37)17-24(23)31-27(25)34/h5-13,16-17,30H,14-15H2,1-4H3,(H,31,34)(H,36,37)/b26-25+. The van der Waals surface area contributed by atoms with E-state index in [4.69, 9.17) is 4.84 Å². The second-order valence-electron chi connectivity index (χ2n) is 9.23. The molecule has 0 spiro atoms. The van der Waals surface area contributed by atoms with Gasteiger partial charge in [0.15, 0.2) is 0 Å². The van der Waals surface area contributed by atoms with Gasteiger partial charge in [-0.15, -0.1) is 0 Å². The van der Waals surface area contributed by atoms with Crippen LogP contribution in [0.4, 0.5) is 11.4 Å². The van der Waals surface area contributed by atoms with Crippen LogP contribution in [0.2, 0.25) is 0 Å². The number of hydrogen-bond donors (Lipinski definition) is 3. The number of carbonyl (C=O) groups is 3. The maximum Gasteiger partial charge on any atom is 0.335 e. The van der Waals surface area contributed by atoms with Crippen molar-refractivity contribution in [1.82, 2.24) is 9.96 Å². The predicted octanol–water partition coefficient (Wildman–Crippen LogP) is 4.19. The fraction of sp³-hybridized carbons (Fsp3) is 0.207. The average Bonchev–Trinajstić information content (AvgIpc) is 3.21. The molecule has 0 radical (unpaired) electrons. The number of carbonyl (C=O) groups excluding carboxylic acids is 2. The Kier molecular flexibility index (Phi) is 7.90. The van der Waals surface area contributed by atoms with Crippen molar-refractivity contribution in [3.8, 4) is 0 Å². The number of aryl methyl sites for hydroxylation is 1. The minimum Gasteiger partial charge on any atom is -0.478 e. The second kappa shape index (κ2) is 11.3. The van der Waals surface area contributed by atoms with Crippen molar-refractivity contribution in [2.24, 2.45) is 0 Å². The zero-order chi connectivity index (χ0) is 27.4. The molecule has 1 aliphatic heterocycles. The van der Waals surface area contributed by atoms with Crippen molar-refractivity contribution in [2.75, 3.05) is 44.9 Å². The Balaban J connectivity index is 1.67. The van der Waals surface area contributed by atoms with Crippen molar-refractivity contribution in [3.63, 3.8) is 0 Å². The van der Waals surface area contributed by atoms with Crippen molar-refractivity contribution in [3.05, 3.63) is 94.5 Å². The van der Waals surface area contributed by atoms with E-state index in [0.717, 1.165) is 11.1 Å². The minimum absolute atomic E-state index is 0.0889. The first kappa shape index (κ1) is 26.6. The lowest BCUT2D eigenvalue weighted by Gasteiger charge is -2.20. The van der Waals surface area contributed by atoms with Crippen LogP contribution in [-0.2, 0) is 9.63 Å². The summed E-state index contributed by atoms with van der Waals surface area (Å²) in [7, 11) is 5.45. The number of hydroxylamine groups is 2. The Morgan fingerprint density at radius 1 is 0.974 bits per heavy atom. The van der Waals surface area contributed by atoms with Gasteiger partial charge in [0, 0.05) is 30.4 Å². The molecule has 3 aromatic rings.